The third-order valence-electron chi connectivity index (χ3n) is 2.50. The Bertz CT molecular complexity index is 380. The maximum absolute atomic E-state index is 5.22. The average Bonchev–Trinajstić information content (AvgIpc) is 2.32. The van der Waals surface area contributed by atoms with Gasteiger partial charge in [-0.2, -0.15) is 0 Å². The minimum atomic E-state index is 0.673. The van der Waals surface area contributed by atoms with Gasteiger partial charge in [0.05, 0.1) is 7.11 Å². The van der Waals surface area contributed by atoms with Crippen LogP contribution >= 0.6 is 12.2 Å². The zero-order valence-corrected chi connectivity index (χ0v) is 11.5. The van der Waals surface area contributed by atoms with Crippen LogP contribution in [0, 0.1) is 6.92 Å². The number of benzene rings is 1. The lowest BCUT2D eigenvalue weighted by Crippen LogP contribution is -2.29. The molecule has 0 atom stereocenters. The van der Waals surface area contributed by atoms with E-state index in [2.05, 4.69) is 17.6 Å². The Morgan fingerprint density at radius 2 is 2.18 bits per heavy atom. The van der Waals surface area contributed by atoms with Crippen molar-refractivity contribution >= 4 is 23.0 Å². The van der Waals surface area contributed by atoms with Crippen LogP contribution < -0.4 is 15.4 Å². The molecule has 0 saturated carbocycles. The van der Waals surface area contributed by atoms with E-state index in [4.69, 9.17) is 17.0 Å². The van der Waals surface area contributed by atoms with E-state index < -0.39 is 0 Å². The average molecular weight is 252 g/mol. The van der Waals surface area contributed by atoms with Gasteiger partial charge in [0.15, 0.2) is 5.11 Å². The van der Waals surface area contributed by atoms with Crippen LogP contribution in [0.2, 0.25) is 0 Å². The number of unbranched alkanes of at least 4 members (excludes halogenated alkanes) is 1. The molecule has 0 aromatic heterocycles. The molecule has 94 valence electrons. The molecule has 0 fully saturated rings. The minimum absolute atomic E-state index is 0.673. The molecular formula is C13H20N2OS. The van der Waals surface area contributed by atoms with E-state index in [0.29, 0.717) is 5.11 Å². The number of nitrogens with one attached hydrogen (secondary N) is 2. The van der Waals surface area contributed by atoms with E-state index in [1.807, 2.05) is 25.1 Å². The fourth-order valence-electron chi connectivity index (χ4n) is 1.45. The van der Waals surface area contributed by atoms with Crippen LogP contribution in [0.15, 0.2) is 18.2 Å². The second-order valence-corrected chi connectivity index (χ2v) is 4.32. The van der Waals surface area contributed by atoms with Gasteiger partial charge in [0.1, 0.15) is 5.75 Å². The van der Waals surface area contributed by atoms with Crippen molar-refractivity contribution < 1.29 is 4.74 Å². The van der Waals surface area contributed by atoms with Gasteiger partial charge in [0.2, 0.25) is 0 Å². The summed E-state index contributed by atoms with van der Waals surface area (Å²) in [4.78, 5) is 0. The molecule has 0 aliphatic rings. The lowest BCUT2D eigenvalue weighted by atomic mass is 10.2. The predicted octanol–water partition coefficient (Wildman–Crippen LogP) is 3.09. The first-order valence-electron chi connectivity index (χ1n) is 5.87. The van der Waals surface area contributed by atoms with Crippen molar-refractivity contribution in [2.24, 2.45) is 0 Å². The molecule has 0 amide bonds. The third kappa shape index (κ3) is 4.61. The Morgan fingerprint density at radius 3 is 2.76 bits per heavy atom. The van der Waals surface area contributed by atoms with Gasteiger partial charge in [0, 0.05) is 12.2 Å². The molecule has 0 spiro atoms. The number of aryl methyl sites for hydroxylation is 1. The molecule has 2 N–H and O–H groups in total. The predicted molar refractivity (Wildman–Crippen MR) is 76.9 cm³/mol. The van der Waals surface area contributed by atoms with Crippen molar-refractivity contribution in [2.45, 2.75) is 26.7 Å². The first-order chi connectivity index (χ1) is 8.17. The molecule has 17 heavy (non-hydrogen) atoms. The van der Waals surface area contributed by atoms with Gasteiger partial charge in [-0.3, -0.25) is 0 Å². The molecule has 1 aromatic carbocycles. The van der Waals surface area contributed by atoms with Crippen molar-refractivity contribution in [1.82, 2.24) is 5.32 Å². The number of anilines is 1. The van der Waals surface area contributed by atoms with E-state index in [0.717, 1.165) is 36.4 Å². The Morgan fingerprint density at radius 1 is 1.41 bits per heavy atom. The summed E-state index contributed by atoms with van der Waals surface area (Å²) >= 11 is 5.22. The van der Waals surface area contributed by atoms with Gasteiger partial charge in [-0.15, -0.1) is 0 Å². The molecular weight excluding hydrogens is 232 g/mol. The molecule has 0 aliphatic heterocycles. The highest BCUT2D eigenvalue weighted by Crippen LogP contribution is 2.20. The smallest absolute Gasteiger partial charge is 0.170 e. The summed E-state index contributed by atoms with van der Waals surface area (Å²) in [5, 5.41) is 7.04. The Balaban J connectivity index is 2.53. The molecule has 1 aromatic rings. The summed E-state index contributed by atoms with van der Waals surface area (Å²) in [6.45, 7) is 5.10. The molecule has 0 aliphatic carbocycles. The fraction of sp³-hybridized carbons (Fsp3) is 0.462. The van der Waals surface area contributed by atoms with Crippen LogP contribution in [-0.2, 0) is 0 Å². The summed E-state index contributed by atoms with van der Waals surface area (Å²) in [6.07, 6.45) is 2.29. The van der Waals surface area contributed by atoms with E-state index in [1.165, 1.54) is 0 Å². The molecule has 3 nitrogen and oxygen atoms in total. The standard InChI is InChI=1S/C13H20N2OS/c1-4-5-8-14-13(17)15-12-7-6-11(16-3)9-10(12)2/h6-7,9H,4-5,8H2,1-3H3,(H2,14,15,17). The lowest BCUT2D eigenvalue weighted by Gasteiger charge is -2.13. The number of thiocarbonyl (C=S) groups is 1. The van der Waals surface area contributed by atoms with E-state index in [9.17, 15) is 0 Å². The van der Waals surface area contributed by atoms with Crippen molar-refractivity contribution in [1.29, 1.82) is 0 Å². The molecule has 0 heterocycles. The Hall–Kier alpha value is -1.29. The first-order valence-corrected chi connectivity index (χ1v) is 6.27. The zero-order valence-electron chi connectivity index (χ0n) is 10.7. The molecule has 0 radical (unpaired) electrons. The quantitative estimate of drug-likeness (QED) is 0.623. The van der Waals surface area contributed by atoms with Crippen molar-refractivity contribution in [3.8, 4) is 5.75 Å². The van der Waals surface area contributed by atoms with Crippen LogP contribution in [0.3, 0.4) is 0 Å². The van der Waals surface area contributed by atoms with Crippen LogP contribution in [0.5, 0.6) is 5.75 Å². The van der Waals surface area contributed by atoms with Gasteiger partial charge in [-0.25, -0.2) is 0 Å². The molecule has 1 rings (SSSR count). The largest absolute Gasteiger partial charge is 0.497 e. The first kappa shape index (κ1) is 13.8. The van der Waals surface area contributed by atoms with Gasteiger partial charge in [-0.05, 0) is 49.3 Å². The van der Waals surface area contributed by atoms with Crippen molar-refractivity contribution in [3.63, 3.8) is 0 Å². The van der Waals surface area contributed by atoms with E-state index in [1.54, 1.807) is 7.11 Å². The van der Waals surface area contributed by atoms with Crippen molar-refractivity contribution in [2.75, 3.05) is 19.0 Å². The Labute approximate surface area is 109 Å². The second kappa shape index (κ2) is 7.12. The van der Waals surface area contributed by atoms with Crippen LogP contribution in [0.25, 0.3) is 0 Å². The number of hydrogen-bond donors (Lipinski definition) is 2. The highest BCUT2D eigenvalue weighted by Gasteiger charge is 2.02. The molecule has 0 saturated heterocycles. The van der Waals surface area contributed by atoms with E-state index >= 15 is 0 Å². The monoisotopic (exact) mass is 252 g/mol. The minimum Gasteiger partial charge on any atom is -0.497 e. The molecule has 0 bridgehead atoms. The van der Waals surface area contributed by atoms with Crippen LogP contribution in [0.4, 0.5) is 5.69 Å². The highest BCUT2D eigenvalue weighted by atomic mass is 32.1. The maximum Gasteiger partial charge on any atom is 0.170 e. The zero-order chi connectivity index (χ0) is 12.7. The summed E-state index contributed by atoms with van der Waals surface area (Å²) in [7, 11) is 1.67. The Kier molecular flexibility index (Phi) is 5.77. The topological polar surface area (TPSA) is 33.3 Å². The van der Waals surface area contributed by atoms with Crippen LogP contribution in [-0.4, -0.2) is 18.8 Å². The fourth-order valence-corrected chi connectivity index (χ4v) is 1.66. The van der Waals surface area contributed by atoms with E-state index in [-0.39, 0.29) is 0 Å². The molecule has 4 heteroatoms. The normalized spacial score (nSPS) is 9.82. The number of methoxy groups -OCH3 is 1. The van der Waals surface area contributed by atoms with Gasteiger partial charge in [-0.1, -0.05) is 13.3 Å². The van der Waals surface area contributed by atoms with Crippen molar-refractivity contribution in [3.05, 3.63) is 23.8 Å². The van der Waals surface area contributed by atoms with Gasteiger partial charge in [0.25, 0.3) is 0 Å². The van der Waals surface area contributed by atoms with Gasteiger partial charge >= 0.3 is 0 Å². The SMILES string of the molecule is CCCCNC(=S)Nc1ccc(OC)cc1C. The summed E-state index contributed by atoms with van der Waals surface area (Å²) < 4.78 is 5.16. The number of hydrogen-bond acceptors (Lipinski definition) is 2. The summed E-state index contributed by atoms with van der Waals surface area (Å²) in [6, 6.07) is 5.88. The lowest BCUT2D eigenvalue weighted by molar-refractivity contribution is 0.414. The summed E-state index contributed by atoms with van der Waals surface area (Å²) in [5.74, 6) is 0.859. The second-order valence-electron chi connectivity index (χ2n) is 3.92. The molecule has 0 unspecified atom stereocenters. The van der Waals surface area contributed by atoms with Crippen LogP contribution in [0.1, 0.15) is 25.3 Å². The maximum atomic E-state index is 5.22. The number of rotatable bonds is 5. The third-order valence-corrected chi connectivity index (χ3v) is 2.74. The highest BCUT2D eigenvalue weighted by molar-refractivity contribution is 7.80. The summed E-state index contributed by atoms with van der Waals surface area (Å²) in [5.41, 5.74) is 2.13. The van der Waals surface area contributed by atoms with Gasteiger partial charge < -0.3 is 15.4 Å². The number of ether oxygens (including phenoxy) is 1.